The summed E-state index contributed by atoms with van der Waals surface area (Å²) in [5.41, 5.74) is 3.50. The molecule has 2 aromatic rings. The van der Waals surface area contributed by atoms with Crippen LogP contribution in [0.15, 0.2) is 48.5 Å². The van der Waals surface area contributed by atoms with E-state index in [-0.39, 0.29) is 18.2 Å². The summed E-state index contributed by atoms with van der Waals surface area (Å²) in [5.74, 6) is 0.0718. The molecule has 8 heteroatoms. The van der Waals surface area contributed by atoms with Crippen LogP contribution in [0.2, 0.25) is 0 Å². The SMILES string of the molecule is COc1cccc(N(Cc2ccc(C(=O)NO)cc2)C(=O)N2CC(C)OC(C)C2)c1. The number of hydroxylamine groups is 1. The van der Waals surface area contributed by atoms with Crippen LogP contribution in [-0.4, -0.2) is 54.5 Å². The predicted octanol–water partition coefficient (Wildman–Crippen LogP) is 3.05. The Labute approximate surface area is 176 Å². The van der Waals surface area contributed by atoms with E-state index in [0.717, 1.165) is 5.56 Å². The minimum atomic E-state index is -0.585. The molecular formula is C22H27N3O5. The summed E-state index contributed by atoms with van der Waals surface area (Å²) in [6.45, 7) is 5.25. The third kappa shape index (κ3) is 5.08. The molecule has 0 saturated carbocycles. The monoisotopic (exact) mass is 413 g/mol. The summed E-state index contributed by atoms with van der Waals surface area (Å²) >= 11 is 0. The zero-order valence-corrected chi connectivity index (χ0v) is 17.4. The zero-order chi connectivity index (χ0) is 21.7. The van der Waals surface area contributed by atoms with Crippen molar-refractivity contribution in [2.24, 2.45) is 0 Å². The molecule has 160 valence electrons. The molecule has 0 radical (unpaired) electrons. The van der Waals surface area contributed by atoms with Gasteiger partial charge in [0.1, 0.15) is 5.75 Å². The fraction of sp³-hybridized carbons (Fsp3) is 0.364. The number of morpholine rings is 1. The number of ether oxygens (including phenoxy) is 2. The van der Waals surface area contributed by atoms with Gasteiger partial charge in [0, 0.05) is 30.4 Å². The van der Waals surface area contributed by atoms with Crippen LogP contribution in [0.25, 0.3) is 0 Å². The molecule has 1 aliphatic heterocycles. The molecule has 2 aromatic carbocycles. The topological polar surface area (TPSA) is 91.3 Å². The Morgan fingerprint density at radius 3 is 2.43 bits per heavy atom. The number of carbonyl (C=O) groups excluding carboxylic acids is 2. The first-order valence-corrected chi connectivity index (χ1v) is 9.80. The second-order valence-corrected chi connectivity index (χ2v) is 7.37. The van der Waals surface area contributed by atoms with E-state index in [0.29, 0.717) is 36.6 Å². The number of amides is 3. The molecule has 1 fully saturated rings. The Kier molecular flexibility index (Phi) is 6.91. The average Bonchev–Trinajstić information content (AvgIpc) is 2.76. The van der Waals surface area contributed by atoms with Crippen LogP contribution in [0.1, 0.15) is 29.8 Å². The van der Waals surface area contributed by atoms with Crippen molar-refractivity contribution >= 4 is 17.6 Å². The van der Waals surface area contributed by atoms with Crippen LogP contribution < -0.4 is 15.1 Å². The van der Waals surface area contributed by atoms with Gasteiger partial charge in [0.25, 0.3) is 5.91 Å². The van der Waals surface area contributed by atoms with Crippen LogP contribution in [-0.2, 0) is 11.3 Å². The third-order valence-electron chi connectivity index (χ3n) is 4.94. The second kappa shape index (κ2) is 9.60. The number of nitrogens with zero attached hydrogens (tertiary/aromatic N) is 2. The summed E-state index contributed by atoms with van der Waals surface area (Å²) in [6.07, 6.45) is -0.0812. The molecular weight excluding hydrogens is 386 g/mol. The predicted molar refractivity (Wildman–Crippen MR) is 112 cm³/mol. The standard InChI is InChI=1S/C22H27N3O5/c1-15-12-24(13-16(2)30-15)22(27)25(19-5-4-6-20(11-19)29-3)14-17-7-9-18(10-8-17)21(26)23-28/h4-11,15-16,28H,12-14H2,1-3H3,(H,23,26). The van der Waals surface area contributed by atoms with Crippen molar-refractivity contribution in [3.05, 3.63) is 59.7 Å². The first-order chi connectivity index (χ1) is 14.4. The van der Waals surface area contributed by atoms with Gasteiger partial charge in [-0.2, -0.15) is 0 Å². The molecule has 0 aromatic heterocycles. The lowest BCUT2D eigenvalue weighted by molar-refractivity contribution is -0.0537. The number of methoxy groups -OCH3 is 1. The molecule has 0 aliphatic carbocycles. The number of anilines is 1. The lowest BCUT2D eigenvalue weighted by atomic mass is 10.1. The van der Waals surface area contributed by atoms with Gasteiger partial charge in [-0.15, -0.1) is 0 Å². The van der Waals surface area contributed by atoms with Crippen LogP contribution in [0.4, 0.5) is 10.5 Å². The Morgan fingerprint density at radius 2 is 1.83 bits per heavy atom. The summed E-state index contributed by atoms with van der Waals surface area (Å²) in [6, 6.07) is 14.0. The van der Waals surface area contributed by atoms with Gasteiger partial charge < -0.3 is 14.4 Å². The van der Waals surface area contributed by atoms with Crippen molar-refractivity contribution in [3.63, 3.8) is 0 Å². The van der Waals surface area contributed by atoms with E-state index in [1.54, 1.807) is 46.7 Å². The van der Waals surface area contributed by atoms with Crippen LogP contribution in [0, 0.1) is 0 Å². The number of rotatable bonds is 5. The number of urea groups is 1. The van der Waals surface area contributed by atoms with Gasteiger partial charge in [0.05, 0.1) is 25.9 Å². The summed E-state index contributed by atoms with van der Waals surface area (Å²) in [7, 11) is 1.58. The zero-order valence-electron chi connectivity index (χ0n) is 17.4. The largest absolute Gasteiger partial charge is 0.497 e. The average molecular weight is 413 g/mol. The number of nitrogens with one attached hydrogen (secondary N) is 1. The number of hydrogen-bond acceptors (Lipinski definition) is 5. The van der Waals surface area contributed by atoms with E-state index in [2.05, 4.69) is 0 Å². The molecule has 1 aliphatic rings. The van der Waals surface area contributed by atoms with Crippen molar-refractivity contribution in [2.45, 2.75) is 32.6 Å². The van der Waals surface area contributed by atoms with E-state index in [1.165, 1.54) is 0 Å². The molecule has 3 rings (SSSR count). The molecule has 2 N–H and O–H groups in total. The van der Waals surface area contributed by atoms with Gasteiger partial charge in [-0.05, 0) is 43.7 Å². The number of hydrogen-bond donors (Lipinski definition) is 2. The van der Waals surface area contributed by atoms with Gasteiger partial charge in [-0.25, -0.2) is 10.3 Å². The maximum atomic E-state index is 13.5. The molecule has 2 unspecified atom stereocenters. The Bertz CT molecular complexity index is 877. The van der Waals surface area contributed by atoms with Gasteiger partial charge >= 0.3 is 6.03 Å². The van der Waals surface area contributed by atoms with E-state index >= 15 is 0 Å². The normalized spacial score (nSPS) is 18.6. The van der Waals surface area contributed by atoms with Crippen molar-refractivity contribution in [1.29, 1.82) is 0 Å². The minimum absolute atomic E-state index is 0.0406. The Hall–Kier alpha value is -3.10. The Balaban J connectivity index is 1.89. The van der Waals surface area contributed by atoms with Crippen molar-refractivity contribution < 1.29 is 24.3 Å². The minimum Gasteiger partial charge on any atom is -0.497 e. The van der Waals surface area contributed by atoms with Gasteiger partial charge in [0.2, 0.25) is 0 Å². The molecule has 3 amide bonds. The van der Waals surface area contributed by atoms with Crippen LogP contribution in [0.5, 0.6) is 5.75 Å². The molecule has 0 bridgehead atoms. The summed E-state index contributed by atoms with van der Waals surface area (Å²) in [5, 5.41) is 8.78. The van der Waals surface area contributed by atoms with E-state index < -0.39 is 5.91 Å². The van der Waals surface area contributed by atoms with Gasteiger partial charge in [0.15, 0.2) is 0 Å². The second-order valence-electron chi connectivity index (χ2n) is 7.37. The highest BCUT2D eigenvalue weighted by molar-refractivity contribution is 5.94. The van der Waals surface area contributed by atoms with Crippen LogP contribution in [0.3, 0.4) is 0 Å². The molecule has 2 atom stereocenters. The fourth-order valence-corrected chi connectivity index (χ4v) is 3.56. The molecule has 1 heterocycles. The third-order valence-corrected chi connectivity index (χ3v) is 4.94. The van der Waals surface area contributed by atoms with Crippen molar-refractivity contribution in [2.75, 3.05) is 25.1 Å². The highest BCUT2D eigenvalue weighted by atomic mass is 16.5. The number of benzene rings is 2. The maximum Gasteiger partial charge on any atom is 0.324 e. The highest BCUT2D eigenvalue weighted by Crippen LogP contribution is 2.25. The quantitative estimate of drug-likeness (QED) is 0.581. The summed E-state index contributed by atoms with van der Waals surface area (Å²) in [4.78, 5) is 28.5. The Morgan fingerprint density at radius 1 is 1.17 bits per heavy atom. The highest BCUT2D eigenvalue weighted by Gasteiger charge is 2.30. The molecule has 8 nitrogen and oxygen atoms in total. The first kappa shape index (κ1) is 21.6. The van der Waals surface area contributed by atoms with Crippen molar-refractivity contribution in [1.82, 2.24) is 10.4 Å². The number of carbonyl (C=O) groups is 2. The lowest BCUT2D eigenvalue weighted by Crippen LogP contribution is -2.52. The van der Waals surface area contributed by atoms with Gasteiger partial charge in [-0.3, -0.25) is 14.9 Å². The molecule has 0 spiro atoms. The smallest absolute Gasteiger partial charge is 0.324 e. The fourth-order valence-electron chi connectivity index (χ4n) is 3.56. The first-order valence-electron chi connectivity index (χ1n) is 9.80. The van der Waals surface area contributed by atoms with Gasteiger partial charge in [-0.1, -0.05) is 18.2 Å². The van der Waals surface area contributed by atoms with E-state index in [9.17, 15) is 9.59 Å². The molecule has 30 heavy (non-hydrogen) atoms. The van der Waals surface area contributed by atoms with Crippen LogP contribution >= 0.6 is 0 Å². The maximum absolute atomic E-state index is 13.5. The van der Waals surface area contributed by atoms with E-state index in [1.807, 2.05) is 38.1 Å². The van der Waals surface area contributed by atoms with E-state index in [4.69, 9.17) is 14.7 Å². The molecule has 1 saturated heterocycles. The summed E-state index contributed by atoms with van der Waals surface area (Å²) < 4.78 is 11.1. The van der Waals surface area contributed by atoms with Crippen molar-refractivity contribution in [3.8, 4) is 5.75 Å². The lowest BCUT2D eigenvalue weighted by Gasteiger charge is -2.38.